The van der Waals surface area contributed by atoms with Crippen LogP contribution in [-0.2, 0) is 18.9 Å². The van der Waals surface area contributed by atoms with Crippen LogP contribution >= 0.6 is 0 Å². The van der Waals surface area contributed by atoms with Gasteiger partial charge in [-0.15, -0.1) is 6.58 Å². The van der Waals surface area contributed by atoms with Crippen molar-refractivity contribution in [3.63, 3.8) is 0 Å². The largest absolute Gasteiger partial charge is 0.374 e. The fraction of sp³-hybridized carbons (Fsp3) is 0.926. The molecule has 196 valence electrons. The molecule has 0 spiro atoms. The second-order valence-electron chi connectivity index (χ2n) is 9.39. The minimum Gasteiger partial charge on any atom is -0.374 e. The molecule has 5 unspecified atom stereocenters. The first-order chi connectivity index (χ1) is 16.2. The number of unbranched alkanes of at least 4 members (excludes halogenated alkanes) is 12. The van der Waals surface area contributed by atoms with E-state index in [0.29, 0.717) is 26.4 Å². The van der Waals surface area contributed by atoms with Gasteiger partial charge in [0.05, 0.1) is 12.6 Å². The van der Waals surface area contributed by atoms with Gasteiger partial charge in [0.25, 0.3) is 0 Å². The van der Waals surface area contributed by atoms with Crippen molar-refractivity contribution >= 4 is 0 Å². The molecule has 0 saturated carbocycles. The summed E-state index contributed by atoms with van der Waals surface area (Å²) in [7, 11) is 0. The molecule has 0 radical (unpaired) electrons. The highest BCUT2D eigenvalue weighted by Crippen LogP contribution is 2.26. The van der Waals surface area contributed by atoms with Crippen LogP contribution in [0.5, 0.6) is 0 Å². The lowest BCUT2D eigenvalue weighted by Gasteiger charge is -2.44. The summed E-state index contributed by atoms with van der Waals surface area (Å²) in [5.74, 6) is 0. The lowest BCUT2D eigenvalue weighted by atomic mass is 9.96. The number of hydrogen-bond donors (Lipinski definition) is 2. The summed E-state index contributed by atoms with van der Waals surface area (Å²) in [6, 6.07) is -0.420. The average Bonchev–Trinajstić information content (AvgIpc) is 2.83. The summed E-state index contributed by atoms with van der Waals surface area (Å²) >= 11 is 0. The lowest BCUT2D eigenvalue weighted by molar-refractivity contribution is -0.270. The Labute approximate surface area is 204 Å². The zero-order valence-corrected chi connectivity index (χ0v) is 21.7. The number of rotatable bonds is 22. The normalized spacial score (nSPS) is 25.4. The second-order valence-corrected chi connectivity index (χ2v) is 9.39. The van der Waals surface area contributed by atoms with Gasteiger partial charge >= 0.3 is 0 Å². The van der Waals surface area contributed by atoms with Gasteiger partial charge < -0.3 is 30.4 Å². The Hall–Kier alpha value is -0.500. The quantitative estimate of drug-likeness (QED) is 0.161. The molecule has 6 heteroatoms. The minimum atomic E-state index is -0.561. The maximum Gasteiger partial charge on any atom is 0.176 e. The Morgan fingerprint density at radius 1 is 0.727 bits per heavy atom. The second kappa shape index (κ2) is 20.8. The van der Waals surface area contributed by atoms with E-state index in [1.165, 1.54) is 77.0 Å². The number of hydrogen-bond acceptors (Lipinski definition) is 6. The van der Waals surface area contributed by atoms with Gasteiger partial charge in [-0.1, -0.05) is 97.0 Å². The Bertz CT molecular complexity index is 452. The molecule has 4 N–H and O–H groups in total. The third-order valence-corrected chi connectivity index (χ3v) is 6.42. The van der Waals surface area contributed by atoms with Crippen LogP contribution < -0.4 is 11.5 Å². The van der Waals surface area contributed by atoms with Crippen molar-refractivity contribution in [1.29, 1.82) is 0 Å². The van der Waals surface area contributed by atoms with Crippen LogP contribution in [0.3, 0.4) is 0 Å². The van der Waals surface area contributed by atoms with E-state index in [2.05, 4.69) is 20.4 Å². The monoisotopic (exact) mass is 470 g/mol. The van der Waals surface area contributed by atoms with Crippen LogP contribution in [0, 0.1) is 0 Å². The van der Waals surface area contributed by atoms with Crippen LogP contribution in [0.1, 0.15) is 104 Å². The molecule has 1 rings (SSSR count). The molecule has 0 aromatic rings. The Morgan fingerprint density at radius 3 is 1.70 bits per heavy atom. The predicted molar refractivity (Wildman–Crippen MR) is 137 cm³/mol. The maximum absolute atomic E-state index is 6.54. The van der Waals surface area contributed by atoms with E-state index in [-0.39, 0.29) is 18.3 Å². The van der Waals surface area contributed by atoms with Crippen molar-refractivity contribution in [2.75, 3.05) is 26.4 Å². The molecule has 5 atom stereocenters. The highest BCUT2D eigenvalue weighted by Gasteiger charge is 2.45. The number of nitrogens with two attached hydrogens (primary N) is 2. The molecular weight excluding hydrogens is 416 g/mol. The summed E-state index contributed by atoms with van der Waals surface area (Å²) in [5, 5.41) is 0. The van der Waals surface area contributed by atoms with E-state index in [0.717, 1.165) is 12.8 Å². The zero-order chi connectivity index (χ0) is 24.2. The molecular formula is C27H54N2O4. The highest BCUT2D eigenvalue weighted by atomic mass is 16.7. The standard InChI is InChI=1S/C27H54N2O4/c1-4-7-9-11-13-15-17-20-30-25-23(22-28)33-27(32-19-6-3)24(29)26(25)31-21-18-16-14-12-10-8-5-2/h6,23-27H,3-5,7-22,28-29H2,1-2H3. The SMILES string of the molecule is C=CCOC1OC(CN)C(OCCCCCCCCC)C(OCCCCCCCCC)C1N. The molecule has 33 heavy (non-hydrogen) atoms. The van der Waals surface area contributed by atoms with Crippen LogP contribution in [-0.4, -0.2) is 57.0 Å². The third-order valence-electron chi connectivity index (χ3n) is 6.42. The van der Waals surface area contributed by atoms with Gasteiger partial charge in [0.15, 0.2) is 6.29 Å². The molecule has 0 aliphatic carbocycles. The van der Waals surface area contributed by atoms with Gasteiger partial charge in [0.1, 0.15) is 18.3 Å². The van der Waals surface area contributed by atoms with Crippen LogP contribution in [0.15, 0.2) is 12.7 Å². The van der Waals surface area contributed by atoms with Crippen molar-refractivity contribution < 1.29 is 18.9 Å². The molecule has 1 heterocycles. The first-order valence-corrected chi connectivity index (χ1v) is 13.8. The van der Waals surface area contributed by atoms with E-state index >= 15 is 0 Å². The molecule has 6 nitrogen and oxygen atoms in total. The van der Waals surface area contributed by atoms with Crippen molar-refractivity contribution in [2.24, 2.45) is 11.5 Å². The Balaban J connectivity index is 2.51. The zero-order valence-electron chi connectivity index (χ0n) is 21.7. The maximum atomic E-state index is 6.54. The van der Waals surface area contributed by atoms with E-state index in [9.17, 15) is 0 Å². The summed E-state index contributed by atoms with van der Waals surface area (Å²) in [4.78, 5) is 0. The van der Waals surface area contributed by atoms with Gasteiger partial charge in [0.2, 0.25) is 0 Å². The van der Waals surface area contributed by atoms with E-state index in [1.54, 1.807) is 6.08 Å². The topological polar surface area (TPSA) is 89.0 Å². The minimum absolute atomic E-state index is 0.266. The molecule has 0 aromatic heterocycles. The fourth-order valence-corrected chi connectivity index (χ4v) is 4.39. The van der Waals surface area contributed by atoms with Gasteiger partial charge in [-0.25, -0.2) is 0 Å². The molecule has 0 amide bonds. The van der Waals surface area contributed by atoms with Crippen molar-refractivity contribution in [3.05, 3.63) is 12.7 Å². The molecule has 1 aliphatic rings. The Morgan fingerprint density at radius 2 is 1.21 bits per heavy atom. The molecule has 1 saturated heterocycles. The van der Waals surface area contributed by atoms with E-state index in [4.69, 9.17) is 30.4 Å². The summed E-state index contributed by atoms with van der Waals surface area (Å²) in [6.45, 7) is 10.3. The summed E-state index contributed by atoms with van der Waals surface area (Å²) in [5.41, 5.74) is 12.6. The molecule has 0 bridgehead atoms. The van der Waals surface area contributed by atoms with Gasteiger partial charge in [-0.2, -0.15) is 0 Å². The summed E-state index contributed by atoms with van der Waals surface area (Å²) in [6.07, 6.45) is 17.8. The summed E-state index contributed by atoms with van der Waals surface area (Å²) < 4.78 is 24.4. The third kappa shape index (κ3) is 13.2. The van der Waals surface area contributed by atoms with E-state index in [1.807, 2.05) is 0 Å². The van der Waals surface area contributed by atoms with Crippen molar-refractivity contribution in [1.82, 2.24) is 0 Å². The van der Waals surface area contributed by atoms with Crippen LogP contribution in [0.4, 0.5) is 0 Å². The Kier molecular flexibility index (Phi) is 19.3. The van der Waals surface area contributed by atoms with Gasteiger partial charge in [-0.05, 0) is 12.8 Å². The van der Waals surface area contributed by atoms with Gasteiger partial charge in [-0.3, -0.25) is 0 Å². The fourth-order valence-electron chi connectivity index (χ4n) is 4.39. The average molecular weight is 471 g/mol. The predicted octanol–water partition coefficient (Wildman–Crippen LogP) is 5.47. The highest BCUT2D eigenvalue weighted by molar-refractivity contribution is 4.94. The molecule has 1 aliphatic heterocycles. The first kappa shape index (κ1) is 30.5. The molecule has 0 aromatic carbocycles. The smallest absolute Gasteiger partial charge is 0.176 e. The van der Waals surface area contributed by atoms with Crippen LogP contribution in [0.25, 0.3) is 0 Å². The molecule has 1 fully saturated rings. The first-order valence-electron chi connectivity index (χ1n) is 13.8. The van der Waals surface area contributed by atoms with Crippen LogP contribution in [0.2, 0.25) is 0 Å². The van der Waals surface area contributed by atoms with E-state index < -0.39 is 12.3 Å². The number of ether oxygens (including phenoxy) is 4. The van der Waals surface area contributed by atoms with Crippen molar-refractivity contribution in [3.8, 4) is 0 Å². The lowest BCUT2D eigenvalue weighted by Crippen LogP contribution is -2.64. The van der Waals surface area contributed by atoms with Gasteiger partial charge in [0, 0.05) is 19.8 Å². The van der Waals surface area contributed by atoms with Crippen molar-refractivity contribution in [2.45, 2.75) is 134 Å².